The molecule has 0 bridgehead atoms. The van der Waals surface area contributed by atoms with E-state index in [0.717, 1.165) is 5.56 Å². The zero-order valence-electron chi connectivity index (χ0n) is 16.7. The van der Waals surface area contributed by atoms with Crippen LogP contribution >= 0.6 is 0 Å². The molecule has 0 spiro atoms. The highest BCUT2D eigenvalue weighted by Gasteiger charge is 2.15. The summed E-state index contributed by atoms with van der Waals surface area (Å²) in [5.41, 5.74) is 2.36. The molecule has 1 amide bonds. The first kappa shape index (κ1) is 20.5. The van der Waals surface area contributed by atoms with Gasteiger partial charge in [-0.3, -0.25) is 9.89 Å². The van der Waals surface area contributed by atoms with Crippen LogP contribution in [0.1, 0.15) is 5.56 Å². The molecule has 0 unspecified atom stereocenters. The Hall–Kier alpha value is -4.25. The number of methoxy groups -OCH3 is 3. The molecule has 8 heteroatoms. The van der Waals surface area contributed by atoms with E-state index in [9.17, 15) is 10.1 Å². The largest absolute Gasteiger partial charge is 0.495 e. The van der Waals surface area contributed by atoms with Crippen LogP contribution in [0.25, 0.3) is 17.3 Å². The second-order valence-electron chi connectivity index (χ2n) is 6.09. The first-order chi connectivity index (χ1) is 14.6. The monoisotopic (exact) mass is 404 g/mol. The number of carbonyl (C=O) groups excluding carboxylic acids is 1. The van der Waals surface area contributed by atoms with Gasteiger partial charge < -0.3 is 19.5 Å². The van der Waals surface area contributed by atoms with Gasteiger partial charge in [-0.2, -0.15) is 10.4 Å². The van der Waals surface area contributed by atoms with E-state index in [1.807, 2.05) is 12.1 Å². The lowest BCUT2D eigenvalue weighted by atomic mass is 10.1. The van der Waals surface area contributed by atoms with E-state index >= 15 is 0 Å². The summed E-state index contributed by atoms with van der Waals surface area (Å²) in [6.07, 6.45) is 3.01. The van der Waals surface area contributed by atoms with Crippen LogP contribution in [-0.2, 0) is 4.79 Å². The Bertz CT molecular complexity index is 1130. The van der Waals surface area contributed by atoms with Crippen molar-refractivity contribution in [2.75, 3.05) is 26.6 Å². The Morgan fingerprint density at radius 1 is 1.07 bits per heavy atom. The van der Waals surface area contributed by atoms with E-state index in [-0.39, 0.29) is 5.57 Å². The van der Waals surface area contributed by atoms with Gasteiger partial charge in [0.2, 0.25) is 0 Å². The van der Waals surface area contributed by atoms with Gasteiger partial charge >= 0.3 is 0 Å². The van der Waals surface area contributed by atoms with Gasteiger partial charge in [-0.15, -0.1) is 0 Å². The van der Waals surface area contributed by atoms with Crippen LogP contribution in [0.3, 0.4) is 0 Å². The van der Waals surface area contributed by atoms with Crippen LogP contribution in [0.15, 0.2) is 54.2 Å². The molecule has 0 atom stereocenters. The van der Waals surface area contributed by atoms with Crippen LogP contribution in [0.5, 0.6) is 17.2 Å². The SMILES string of the molecule is COc1ccccc1NC(=O)/C(C#N)=C\c1cn[nH]c1-c1ccc(OC)c(OC)c1. The van der Waals surface area contributed by atoms with Gasteiger partial charge in [-0.25, -0.2) is 0 Å². The molecular formula is C22H20N4O4. The molecule has 30 heavy (non-hydrogen) atoms. The topological polar surface area (TPSA) is 109 Å². The Morgan fingerprint density at radius 3 is 2.50 bits per heavy atom. The fraction of sp³-hybridized carbons (Fsp3) is 0.136. The highest BCUT2D eigenvalue weighted by Crippen LogP contribution is 2.33. The molecule has 152 valence electrons. The minimum Gasteiger partial charge on any atom is -0.495 e. The Balaban J connectivity index is 1.92. The number of aromatic nitrogens is 2. The second kappa shape index (κ2) is 9.30. The Labute approximate surface area is 173 Å². The van der Waals surface area contributed by atoms with Gasteiger partial charge in [0.1, 0.15) is 17.4 Å². The van der Waals surface area contributed by atoms with E-state index in [1.54, 1.807) is 56.8 Å². The van der Waals surface area contributed by atoms with Gasteiger partial charge in [-0.1, -0.05) is 12.1 Å². The molecule has 0 saturated carbocycles. The average Bonchev–Trinajstić information content (AvgIpc) is 3.25. The maximum Gasteiger partial charge on any atom is 0.266 e. The van der Waals surface area contributed by atoms with Crippen molar-refractivity contribution in [3.05, 3.63) is 59.8 Å². The predicted octanol–water partition coefficient (Wildman–Crippen LogP) is 3.65. The zero-order valence-corrected chi connectivity index (χ0v) is 16.7. The van der Waals surface area contributed by atoms with Crippen LogP contribution in [0, 0.1) is 11.3 Å². The van der Waals surface area contributed by atoms with Gasteiger partial charge in [0.25, 0.3) is 5.91 Å². The van der Waals surface area contributed by atoms with Crippen molar-refractivity contribution in [3.63, 3.8) is 0 Å². The molecule has 2 N–H and O–H groups in total. The number of anilines is 1. The lowest BCUT2D eigenvalue weighted by Crippen LogP contribution is -2.14. The number of nitrogens with zero attached hydrogens (tertiary/aromatic N) is 2. The van der Waals surface area contributed by atoms with Gasteiger partial charge in [0.05, 0.1) is 38.9 Å². The molecular weight excluding hydrogens is 384 g/mol. The molecule has 0 aliphatic heterocycles. The first-order valence-electron chi connectivity index (χ1n) is 8.93. The van der Waals surface area contributed by atoms with E-state index in [2.05, 4.69) is 15.5 Å². The maximum absolute atomic E-state index is 12.6. The molecule has 0 aliphatic carbocycles. The summed E-state index contributed by atoms with van der Waals surface area (Å²) in [5.74, 6) is 1.08. The summed E-state index contributed by atoms with van der Waals surface area (Å²) in [6.45, 7) is 0. The third kappa shape index (κ3) is 4.25. The lowest BCUT2D eigenvalue weighted by molar-refractivity contribution is -0.112. The molecule has 3 rings (SSSR count). The highest BCUT2D eigenvalue weighted by atomic mass is 16.5. The van der Waals surface area contributed by atoms with Crippen LogP contribution in [-0.4, -0.2) is 37.4 Å². The average molecular weight is 404 g/mol. The first-order valence-corrected chi connectivity index (χ1v) is 8.93. The number of nitriles is 1. The second-order valence-corrected chi connectivity index (χ2v) is 6.09. The highest BCUT2D eigenvalue weighted by molar-refractivity contribution is 6.10. The number of amides is 1. The van der Waals surface area contributed by atoms with Crippen LogP contribution in [0.4, 0.5) is 5.69 Å². The Morgan fingerprint density at radius 2 is 1.80 bits per heavy atom. The number of ether oxygens (including phenoxy) is 3. The summed E-state index contributed by atoms with van der Waals surface area (Å²) in [5, 5.41) is 19.2. The van der Waals surface area contributed by atoms with Crippen LogP contribution in [0.2, 0.25) is 0 Å². The minimum absolute atomic E-state index is 0.0796. The summed E-state index contributed by atoms with van der Waals surface area (Å²) >= 11 is 0. The van der Waals surface area contributed by atoms with Crippen molar-refractivity contribution in [1.82, 2.24) is 10.2 Å². The molecule has 1 heterocycles. The zero-order chi connectivity index (χ0) is 21.5. The number of hydrogen-bond donors (Lipinski definition) is 2. The number of H-pyrrole nitrogens is 1. The molecule has 2 aromatic carbocycles. The quantitative estimate of drug-likeness (QED) is 0.460. The number of rotatable bonds is 7. The summed E-state index contributed by atoms with van der Waals surface area (Å²) in [4.78, 5) is 12.6. The maximum atomic E-state index is 12.6. The summed E-state index contributed by atoms with van der Waals surface area (Å²) < 4.78 is 15.8. The van der Waals surface area contributed by atoms with Gasteiger partial charge in [0, 0.05) is 11.1 Å². The number of carbonyl (C=O) groups is 1. The normalized spacial score (nSPS) is 10.8. The molecule has 8 nitrogen and oxygen atoms in total. The van der Waals surface area contributed by atoms with E-state index < -0.39 is 5.91 Å². The molecule has 0 fully saturated rings. The van der Waals surface area contributed by atoms with Crippen molar-refractivity contribution in [2.45, 2.75) is 0 Å². The lowest BCUT2D eigenvalue weighted by Gasteiger charge is -2.10. The standard InChI is InChI=1S/C22H20N4O4/c1-28-18-7-5-4-6-17(18)25-22(27)15(12-23)10-16-13-24-26-21(16)14-8-9-19(29-2)20(11-14)30-3/h4-11,13H,1-3H3,(H,24,26)(H,25,27)/b15-10-. The molecule has 1 aromatic heterocycles. The third-order valence-corrected chi connectivity index (χ3v) is 4.36. The molecule has 0 radical (unpaired) electrons. The number of hydrogen-bond acceptors (Lipinski definition) is 6. The number of para-hydroxylation sites is 2. The Kier molecular flexibility index (Phi) is 6.35. The van der Waals surface area contributed by atoms with Crippen LogP contribution < -0.4 is 19.5 Å². The number of benzene rings is 2. The van der Waals surface area contributed by atoms with E-state index in [4.69, 9.17) is 14.2 Å². The van der Waals surface area contributed by atoms with Crippen molar-refractivity contribution in [1.29, 1.82) is 5.26 Å². The molecule has 0 saturated heterocycles. The van der Waals surface area contributed by atoms with Crippen molar-refractivity contribution in [2.24, 2.45) is 0 Å². The van der Waals surface area contributed by atoms with E-state index in [0.29, 0.717) is 34.2 Å². The smallest absolute Gasteiger partial charge is 0.266 e. The van der Waals surface area contributed by atoms with Gasteiger partial charge in [-0.05, 0) is 36.4 Å². The fourth-order valence-corrected chi connectivity index (χ4v) is 2.87. The minimum atomic E-state index is -0.554. The van der Waals surface area contributed by atoms with Crippen molar-refractivity contribution >= 4 is 17.7 Å². The summed E-state index contributed by atoms with van der Waals surface area (Å²) in [6, 6.07) is 14.3. The van der Waals surface area contributed by atoms with Gasteiger partial charge in [0.15, 0.2) is 11.5 Å². The predicted molar refractivity (Wildman–Crippen MR) is 112 cm³/mol. The summed E-state index contributed by atoms with van der Waals surface area (Å²) in [7, 11) is 4.61. The van der Waals surface area contributed by atoms with Crippen molar-refractivity contribution < 1.29 is 19.0 Å². The fourth-order valence-electron chi connectivity index (χ4n) is 2.87. The van der Waals surface area contributed by atoms with E-state index in [1.165, 1.54) is 13.2 Å². The molecule has 3 aromatic rings. The number of aromatic amines is 1. The molecule has 0 aliphatic rings. The third-order valence-electron chi connectivity index (χ3n) is 4.36. The number of nitrogens with one attached hydrogen (secondary N) is 2. The van der Waals surface area contributed by atoms with Crippen molar-refractivity contribution in [3.8, 4) is 34.6 Å².